The second kappa shape index (κ2) is 8.57. The number of carbonyl (C=O) groups is 2. The van der Waals surface area contributed by atoms with Crippen LogP contribution in [0.4, 0.5) is 0 Å². The number of nitrogens with one attached hydrogen (secondary N) is 1. The van der Waals surface area contributed by atoms with Gasteiger partial charge in [0.1, 0.15) is 11.5 Å². The Morgan fingerprint density at radius 1 is 1.14 bits per heavy atom. The number of amides is 2. The lowest BCUT2D eigenvalue weighted by Gasteiger charge is -2.31. The maximum absolute atomic E-state index is 12.6. The van der Waals surface area contributed by atoms with Crippen molar-refractivity contribution in [2.45, 2.75) is 19.4 Å². The fourth-order valence-electron chi connectivity index (χ4n) is 3.49. The van der Waals surface area contributed by atoms with Gasteiger partial charge in [-0.3, -0.25) is 9.59 Å². The van der Waals surface area contributed by atoms with Crippen LogP contribution in [-0.2, 0) is 11.3 Å². The molecule has 2 aromatic heterocycles. The van der Waals surface area contributed by atoms with E-state index in [0.717, 1.165) is 24.2 Å². The van der Waals surface area contributed by atoms with E-state index in [1.807, 2.05) is 24.3 Å². The predicted molar refractivity (Wildman–Crippen MR) is 108 cm³/mol. The quantitative estimate of drug-likeness (QED) is 0.675. The Morgan fingerprint density at radius 2 is 1.97 bits per heavy atom. The van der Waals surface area contributed by atoms with E-state index < -0.39 is 0 Å². The van der Waals surface area contributed by atoms with E-state index in [9.17, 15) is 9.59 Å². The third-order valence-electron chi connectivity index (χ3n) is 5.04. The molecule has 1 aliphatic heterocycles. The third-order valence-corrected chi connectivity index (χ3v) is 5.29. The SMILES string of the molecule is O=C(NCc1ccc(-c2ccc(Cl)cc2)o1)C1CCCN(C(=O)c2ccco2)C1. The lowest BCUT2D eigenvalue weighted by atomic mass is 9.97. The summed E-state index contributed by atoms with van der Waals surface area (Å²) in [5.41, 5.74) is 0.923. The van der Waals surface area contributed by atoms with Gasteiger partial charge < -0.3 is 19.1 Å². The monoisotopic (exact) mass is 412 g/mol. The largest absolute Gasteiger partial charge is 0.459 e. The van der Waals surface area contributed by atoms with Gasteiger partial charge in [-0.05, 0) is 61.4 Å². The molecule has 1 atom stereocenters. The van der Waals surface area contributed by atoms with Gasteiger partial charge in [0.2, 0.25) is 5.91 Å². The molecule has 3 aromatic rings. The van der Waals surface area contributed by atoms with E-state index in [2.05, 4.69) is 5.32 Å². The van der Waals surface area contributed by atoms with Gasteiger partial charge in [0.15, 0.2) is 5.76 Å². The minimum atomic E-state index is -0.242. The van der Waals surface area contributed by atoms with Crippen LogP contribution in [0, 0.1) is 5.92 Å². The normalized spacial score (nSPS) is 16.6. The van der Waals surface area contributed by atoms with E-state index in [0.29, 0.717) is 36.2 Å². The van der Waals surface area contributed by atoms with Crippen molar-refractivity contribution in [3.05, 3.63) is 71.3 Å². The van der Waals surface area contributed by atoms with E-state index >= 15 is 0 Å². The van der Waals surface area contributed by atoms with Crippen LogP contribution >= 0.6 is 11.6 Å². The Hall–Kier alpha value is -2.99. The molecule has 1 N–H and O–H groups in total. The molecular weight excluding hydrogens is 392 g/mol. The highest BCUT2D eigenvalue weighted by Crippen LogP contribution is 2.24. The van der Waals surface area contributed by atoms with Crippen molar-refractivity contribution in [3.63, 3.8) is 0 Å². The number of piperidine rings is 1. The van der Waals surface area contributed by atoms with Crippen molar-refractivity contribution >= 4 is 23.4 Å². The predicted octanol–water partition coefficient (Wildman–Crippen LogP) is 4.36. The number of hydrogen-bond acceptors (Lipinski definition) is 4. The van der Waals surface area contributed by atoms with Crippen LogP contribution in [0.1, 0.15) is 29.2 Å². The molecule has 1 aliphatic rings. The summed E-state index contributed by atoms with van der Waals surface area (Å²) in [6, 6.07) is 14.4. The first-order valence-corrected chi connectivity index (χ1v) is 9.93. The van der Waals surface area contributed by atoms with Gasteiger partial charge in [-0.25, -0.2) is 0 Å². The number of carbonyl (C=O) groups excluding carboxylic acids is 2. The second-order valence-electron chi connectivity index (χ2n) is 7.06. The standard InChI is InChI=1S/C22H21ClN2O4/c23-17-7-5-15(6-8-17)19-10-9-18(29-19)13-24-21(26)16-3-1-11-25(14-16)22(27)20-4-2-12-28-20/h2,4-10,12,16H,1,3,11,13-14H2,(H,24,26). The number of hydrogen-bond donors (Lipinski definition) is 1. The van der Waals surface area contributed by atoms with Crippen molar-refractivity contribution in [2.24, 2.45) is 5.92 Å². The zero-order chi connectivity index (χ0) is 20.2. The zero-order valence-electron chi connectivity index (χ0n) is 15.8. The number of rotatable bonds is 5. The molecular formula is C22H21ClN2O4. The summed E-state index contributed by atoms with van der Waals surface area (Å²) in [5.74, 6) is 1.20. The first kappa shape index (κ1) is 19.3. The first-order chi connectivity index (χ1) is 14.1. The number of nitrogens with zero attached hydrogens (tertiary/aromatic N) is 1. The molecule has 3 heterocycles. The number of benzene rings is 1. The van der Waals surface area contributed by atoms with Crippen molar-refractivity contribution in [1.29, 1.82) is 0 Å². The summed E-state index contributed by atoms with van der Waals surface area (Å²) in [5, 5.41) is 3.59. The maximum atomic E-state index is 12.6. The Kier molecular flexibility index (Phi) is 5.71. The molecule has 2 amide bonds. The molecule has 29 heavy (non-hydrogen) atoms. The van der Waals surface area contributed by atoms with Crippen molar-refractivity contribution in [2.75, 3.05) is 13.1 Å². The summed E-state index contributed by atoms with van der Waals surface area (Å²) in [7, 11) is 0. The van der Waals surface area contributed by atoms with Gasteiger partial charge in [0, 0.05) is 23.7 Å². The van der Waals surface area contributed by atoms with Gasteiger partial charge in [-0.1, -0.05) is 11.6 Å². The highest BCUT2D eigenvalue weighted by atomic mass is 35.5. The molecule has 1 unspecified atom stereocenters. The summed E-state index contributed by atoms with van der Waals surface area (Å²) in [6.07, 6.45) is 3.01. The van der Waals surface area contributed by atoms with Crippen LogP contribution in [0.15, 0.2) is 63.6 Å². The fourth-order valence-corrected chi connectivity index (χ4v) is 3.62. The number of halogens is 1. The fraction of sp³-hybridized carbons (Fsp3) is 0.273. The molecule has 0 radical (unpaired) electrons. The smallest absolute Gasteiger partial charge is 0.289 e. The summed E-state index contributed by atoms with van der Waals surface area (Å²) in [4.78, 5) is 26.7. The second-order valence-corrected chi connectivity index (χ2v) is 7.49. The molecule has 1 fully saturated rings. The Labute approximate surface area is 173 Å². The van der Waals surface area contributed by atoms with Crippen LogP contribution < -0.4 is 5.32 Å². The molecule has 1 saturated heterocycles. The summed E-state index contributed by atoms with van der Waals surface area (Å²) in [6.45, 7) is 1.32. The summed E-state index contributed by atoms with van der Waals surface area (Å²) >= 11 is 5.91. The minimum absolute atomic E-state index is 0.0774. The number of furan rings is 2. The van der Waals surface area contributed by atoms with E-state index in [1.165, 1.54) is 6.26 Å². The molecule has 0 bridgehead atoms. The minimum Gasteiger partial charge on any atom is -0.459 e. The maximum Gasteiger partial charge on any atom is 0.289 e. The van der Waals surface area contributed by atoms with E-state index in [4.69, 9.17) is 20.4 Å². The summed E-state index contributed by atoms with van der Waals surface area (Å²) < 4.78 is 11.0. The van der Waals surface area contributed by atoms with Crippen LogP contribution in [0.5, 0.6) is 0 Å². The molecule has 0 aliphatic carbocycles. The van der Waals surface area contributed by atoms with Gasteiger partial charge in [0.25, 0.3) is 5.91 Å². The van der Waals surface area contributed by atoms with E-state index in [1.54, 1.807) is 29.2 Å². The van der Waals surface area contributed by atoms with Crippen molar-refractivity contribution < 1.29 is 18.4 Å². The molecule has 150 valence electrons. The van der Waals surface area contributed by atoms with E-state index in [-0.39, 0.29) is 17.7 Å². The number of likely N-dealkylation sites (tertiary alicyclic amines) is 1. The lowest BCUT2D eigenvalue weighted by Crippen LogP contribution is -2.45. The lowest BCUT2D eigenvalue weighted by molar-refractivity contribution is -0.126. The average Bonchev–Trinajstić information content (AvgIpc) is 3.44. The van der Waals surface area contributed by atoms with Gasteiger partial charge >= 0.3 is 0 Å². The average molecular weight is 413 g/mol. The van der Waals surface area contributed by atoms with Crippen molar-refractivity contribution in [1.82, 2.24) is 10.2 Å². The highest BCUT2D eigenvalue weighted by Gasteiger charge is 2.29. The molecule has 7 heteroatoms. The van der Waals surface area contributed by atoms with Crippen LogP contribution in [0.2, 0.25) is 5.02 Å². The Bertz CT molecular complexity index is 979. The van der Waals surface area contributed by atoms with Crippen LogP contribution in [0.25, 0.3) is 11.3 Å². The first-order valence-electron chi connectivity index (χ1n) is 9.55. The zero-order valence-corrected chi connectivity index (χ0v) is 16.5. The molecule has 1 aromatic carbocycles. The molecule has 0 saturated carbocycles. The topological polar surface area (TPSA) is 75.7 Å². The molecule has 0 spiro atoms. The Balaban J connectivity index is 1.32. The van der Waals surface area contributed by atoms with Gasteiger partial charge in [-0.2, -0.15) is 0 Å². The third kappa shape index (κ3) is 4.54. The molecule has 6 nitrogen and oxygen atoms in total. The highest BCUT2D eigenvalue weighted by molar-refractivity contribution is 6.30. The molecule has 4 rings (SSSR count). The van der Waals surface area contributed by atoms with Crippen LogP contribution in [-0.4, -0.2) is 29.8 Å². The van der Waals surface area contributed by atoms with Crippen LogP contribution in [0.3, 0.4) is 0 Å². The van der Waals surface area contributed by atoms with Crippen molar-refractivity contribution in [3.8, 4) is 11.3 Å². The van der Waals surface area contributed by atoms with Gasteiger partial charge in [0.05, 0.1) is 18.7 Å². The Morgan fingerprint density at radius 3 is 2.72 bits per heavy atom. The van der Waals surface area contributed by atoms with Gasteiger partial charge in [-0.15, -0.1) is 0 Å².